The number of carbonyl (C=O) groups is 2. The van der Waals surface area contributed by atoms with Crippen molar-refractivity contribution >= 4 is 29.5 Å². The second-order valence-electron chi connectivity index (χ2n) is 5.16. The fourth-order valence-electron chi connectivity index (χ4n) is 1.34. The highest BCUT2D eigenvalue weighted by Gasteiger charge is 2.16. The van der Waals surface area contributed by atoms with Crippen LogP contribution in [0, 0.1) is 0 Å². The third kappa shape index (κ3) is 6.81. The molecule has 0 saturated heterocycles. The summed E-state index contributed by atoms with van der Waals surface area (Å²) in [6.07, 6.45) is -0.684. The van der Waals surface area contributed by atoms with Crippen molar-refractivity contribution in [2.45, 2.75) is 26.4 Å². The Hall–Kier alpha value is -2.77. The molecule has 0 spiro atoms. The molecular formula is C13H19N5O3. The summed E-state index contributed by atoms with van der Waals surface area (Å²) in [5.41, 5.74) is 11.0. The van der Waals surface area contributed by atoms with Gasteiger partial charge in [-0.1, -0.05) is 0 Å². The van der Waals surface area contributed by atoms with Gasteiger partial charge in [-0.3, -0.25) is 5.32 Å². The second-order valence-corrected chi connectivity index (χ2v) is 5.16. The monoisotopic (exact) mass is 293 g/mol. The van der Waals surface area contributed by atoms with Gasteiger partial charge in [-0.2, -0.15) is 0 Å². The molecule has 1 aromatic carbocycles. The van der Waals surface area contributed by atoms with E-state index in [-0.39, 0.29) is 5.96 Å². The molecule has 0 aliphatic carbocycles. The zero-order valence-electron chi connectivity index (χ0n) is 12.1. The molecule has 0 radical (unpaired) electrons. The number of urea groups is 1. The molecule has 0 fully saturated rings. The number of hydrogen-bond donors (Lipinski definition) is 4. The SMILES string of the molecule is CC(C)(C)OC(=O)NC(N)=Nc1ccc(NC(N)=O)cc1. The molecule has 0 atom stereocenters. The first-order valence-electron chi connectivity index (χ1n) is 6.16. The highest BCUT2D eigenvalue weighted by Crippen LogP contribution is 2.15. The number of alkyl carbamates (subject to hydrolysis) is 1. The van der Waals surface area contributed by atoms with Crippen molar-refractivity contribution in [3.05, 3.63) is 24.3 Å². The lowest BCUT2D eigenvalue weighted by Crippen LogP contribution is -2.40. The van der Waals surface area contributed by atoms with Crippen molar-refractivity contribution in [3.63, 3.8) is 0 Å². The van der Waals surface area contributed by atoms with Crippen molar-refractivity contribution in [2.75, 3.05) is 5.32 Å². The number of aliphatic imine (C=N–C) groups is 1. The minimum absolute atomic E-state index is 0.0974. The molecule has 114 valence electrons. The Morgan fingerprint density at radius 1 is 1.14 bits per heavy atom. The van der Waals surface area contributed by atoms with E-state index in [2.05, 4.69) is 15.6 Å². The van der Waals surface area contributed by atoms with Gasteiger partial charge in [-0.15, -0.1) is 0 Å². The number of hydrogen-bond acceptors (Lipinski definition) is 4. The van der Waals surface area contributed by atoms with Crippen LogP contribution in [0.15, 0.2) is 29.3 Å². The Morgan fingerprint density at radius 3 is 2.19 bits per heavy atom. The fraction of sp³-hybridized carbons (Fsp3) is 0.308. The molecule has 3 amide bonds. The average Bonchev–Trinajstić information content (AvgIpc) is 2.28. The topological polar surface area (TPSA) is 132 Å². The Balaban J connectivity index is 2.65. The van der Waals surface area contributed by atoms with Crippen molar-refractivity contribution in [3.8, 4) is 0 Å². The molecule has 0 bridgehead atoms. The van der Waals surface area contributed by atoms with E-state index >= 15 is 0 Å². The second kappa shape index (κ2) is 6.60. The Bertz CT molecular complexity index is 546. The van der Waals surface area contributed by atoms with Crippen LogP contribution in [0.4, 0.5) is 21.0 Å². The van der Waals surface area contributed by atoms with Crippen LogP contribution in [0.25, 0.3) is 0 Å². The molecule has 0 saturated carbocycles. The minimum Gasteiger partial charge on any atom is -0.444 e. The largest absolute Gasteiger partial charge is 0.444 e. The number of primary amides is 1. The van der Waals surface area contributed by atoms with Crippen LogP contribution in [-0.4, -0.2) is 23.7 Å². The van der Waals surface area contributed by atoms with E-state index in [9.17, 15) is 9.59 Å². The maximum absolute atomic E-state index is 11.5. The Kier molecular flexibility index (Phi) is 5.12. The third-order valence-electron chi connectivity index (χ3n) is 2.01. The average molecular weight is 293 g/mol. The first-order valence-corrected chi connectivity index (χ1v) is 6.16. The van der Waals surface area contributed by atoms with Gasteiger partial charge < -0.3 is 21.5 Å². The summed E-state index contributed by atoms with van der Waals surface area (Å²) < 4.78 is 5.04. The number of ether oxygens (including phenoxy) is 1. The van der Waals surface area contributed by atoms with Crippen LogP contribution in [0.1, 0.15) is 20.8 Å². The summed E-state index contributed by atoms with van der Waals surface area (Å²) in [6, 6.07) is 5.76. The van der Waals surface area contributed by atoms with E-state index in [1.54, 1.807) is 45.0 Å². The smallest absolute Gasteiger partial charge is 0.414 e. The highest BCUT2D eigenvalue weighted by molar-refractivity contribution is 5.94. The van der Waals surface area contributed by atoms with E-state index in [4.69, 9.17) is 16.2 Å². The van der Waals surface area contributed by atoms with Gasteiger partial charge in [0.05, 0.1) is 5.69 Å². The lowest BCUT2D eigenvalue weighted by Gasteiger charge is -2.19. The van der Waals surface area contributed by atoms with E-state index in [1.165, 1.54) is 0 Å². The number of benzene rings is 1. The summed E-state index contributed by atoms with van der Waals surface area (Å²) in [5, 5.41) is 4.72. The predicted octanol–water partition coefficient (Wildman–Crippen LogP) is 1.65. The fourth-order valence-corrected chi connectivity index (χ4v) is 1.34. The maximum Gasteiger partial charge on any atom is 0.414 e. The van der Waals surface area contributed by atoms with Crippen LogP contribution in [0.2, 0.25) is 0 Å². The van der Waals surface area contributed by atoms with Gasteiger partial charge in [0, 0.05) is 5.69 Å². The first kappa shape index (κ1) is 16.3. The van der Waals surface area contributed by atoms with Crippen LogP contribution < -0.4 is 22.1 Å². The summed E-state index contributed by atoms with van der Waals surface area (Å²) in [4.78, 5) is 26.1. The number of rotatable bonds is 2. The zero-order valence-corrected chi connectivity index (χ0v) is 12.1. The van der Waals surface area contributed by atoms with Gasteiger partial charge in [0.1, 0.15) is 5.60 Å². The molecule has 8 nitrogen and oxygen atoms in total. The van der Waals surface area contributed by atoms with Crippen molar-refractivity contribution < 1.29 is 14.3 Å². The molecule has 21 heavy (non-hydrogen) atoms. The van der Waals surface area contributed by atoms with Crippen LogP contribution in [0.3, 0.4) is 0 Å². The summed E-state index contributed by atoms with van der Waals surface area (Å²) >= 11 is 0. The number of nitrogens with one attached hydrogen (secondary N) is 2. The summed E-state index contributed by atoms with van der Waals surface area (Å²) in [7, 11) is 0. The highest BCUT2D eigenvalue weighted by atomic mass is 16.6. The zero-order chi connectivity index (χ0) is 16.0. The minimum atomic E-state index is -0.684. The molecule has 8 heteroatoms. The molecule has 0 aliphatic heterocycles. The van der Waals surface area contributed by atoms with Crippen LogP contribution >= 0.6 is 0 Å². The van der Waals surface area contributed by atoms with Crippen molar-refractivity contribution in [2.24, 2.45) is 16.5 Å². The molecule has 0 unspecified atom stereocenters. The Morgan fingerprint density at radius 2 is 1.71 bits per heavy atom. The molecule has 0 heterocycles. The third-order valence-corrected chi connectivity index (χ3v) is 2.01. The normalized spacial score (nSPS) is 11.7. The number of nitrogens with zero attached hydrogens (tertiary/aromatic N) is 1. The number of nitrogens with two attached hydrogens (primary N) is 2. The lowest BCUT2D eigenvalue weighted by molar-refractivity contribution is 0.0562. The van der Waals surface area contributed by atoms with Crippen molar-refractivity contribution in [1.29, 1.82) is 0 Å². The quantitative estimate of drug-likeness (QED) is 0.487. The molecule has 0 aliphatic rings. The predicted molar refractivity (Wildman–Crippen MR) is 80.3 cm³/mol. The standard InChI is InChI=1S/C13H19N5O3/c1-13(2,3)21-12(20)18-10(14)16-8-4-6-9(7-5-8)17-11(15)19/h4-7H,1-3H3,(H3,15,17,19)(H3,14,16,18,20). The molecule has 0 aromatic heterocycles. The van der Waals surface area contributed by atoms with Gasteiger partial charge in [0.2, 0.25) is 5.96 Å². The van der Waals surface area contributed by atoms with E-state index in [0.29, 0.717) is 11.4 Å². The molecule has 6 N–H and O–H groups in total. The Labute approximate surface area is 122 Å². The first-order chi connectivity index (χ1) is 9.65. The maximum atomic E-state index is 11.5. The molecular weight excluding hydrogens is 274 g/mol. The number of guanidine groups is 1. The van der Waals surface area contributed by atoms with E-state index in [1.807, 2.05) is 0 Å². The molecule has 1 aromatic rings. The van der Waals surface area contributed by atoms with Gasteiger partial charge >= 0.3 is 12.1 Å². The van der Waals surface area contributed by atoms with Gasteiger partial charge in [0.15, 0.2) is 0 Å². The molecule has 1 rings (SSSR count). The van der Waals surface area contributed by atoms with Crippen LogP contribution in [-0.2, 0) is 4.74 Å². The van der Waals surface area contributed by atoms with E-state index < -0.39 is 17.7 Å². The number of amides is 3. The van der Waals surface area contributed by atoms with E-state index in [0.717, 1.165) is 0 Å². The van der Waals surface area contributed by atoms with Gasteiger partial charge in [-0.05, 0) is 45.0 Å². The lowest BCUT2D eigenvalue weighted by atomic mass is 10.2. The van der Waals surface area contributed by atoms with Gasteiger partial charge in [-0.25, -0.2) is 14.6 Å². The van der Waals surface area contributed by atoms with Gasteiger partial charge in [0.25, 0.3) is 0 Å². The van der Waals surface area contributed by atoms with Crippen molar-refractivity contribution in [1.82, 2.24) is 5.32 Å². The summed E-state index contributed by atoms with van der Waals surface area (Å²) in [5.74, 6) is -0.0974. The number of carbonyl (C=O) groups excluding carboxylic acids is 2. The van der Waals surface area contributed by atoms with Crippen LogP contribution in [0.5, 0.6) is 0 Å². The number of anilines is 1. The summed E-state index contributed by atoms with van der Waals surface area (Å²) in [6.45, 7) is 5.22.